The molecule has 0 spiro atoms. The standard InChI is InChI=1S/C10H11N3O3S/c1-2-8-11-10(13-12-8)17-5-6-3-4-7(16-6)9(14)15/h3-4H,2,5H2,1H3,(H,14,15)(H,11,12,13). The lowest BCUT2D eigenvalue weighted by molar-refractivity contribution is 0.0661. The fourth-order valence-corrected chi connectivity index (χ4v) is 1.92. The summed E-state index contributed by atoms with van der Waals surface area (Å²) in [5.74, 6) is 0.819. The third-order valence-corrected chi connectivity index (χ3v) is 2.93. The van der Waals surface area contributed by atoms with Gasteiger partial charge in [-0.15, -0.1) is 5.10 Å². The molecular formula is C10H11N3O3S. The minimum Gasteiger partial charge on any atom is -0.475 e. The van der Waals surface area contributed by atoms with Crippen LogP contribution in [0.3, 0.4) is 0 Å². The Kier molecular flexibility index (Phi) is 3.48. The van der Waals surface area contributed by atoms with E-state index in [-0.39, 0.29) is 5.76 Å². The Hall–Kier alpha value is -1.76. The predicted molar refractivity (Wildman–Crippen MR) is 61.0 cm³/mol. The molecule has 0 atom stereocenters. The number of carboxylic acids is 1. The van der Waals surface area contributed by atoms with Gasteiger partial charge in [0, 0.05) is 6.42 Å². The maximum absolute atomic E-state index is 10.6. The lowest BCUT2D eigenvalue weighted by Crippen LogP contribution is -1.91. The fraction of sp³-hybridized carbons (Fsp3) is 0.300. The Labute approximate surface area is 101 Å². The van der Waals surface area contributed by atoms with E-state index >= 15 is 0 Å². The van der Waals surface area contributed by atoms with Gasteiger partial charge < -0.3 is 9.52 Å². The van der Waals surface area contributed by atoms with E-state index in [2.05, 4.69) is 15.2 Å². The molecule has 2 heterocycles. The molecule has 7 heteroatoms. The number of H-pyrrole nitrogens is 1. The molecule has 0 aliphatic rings. The molecule has 0 saturated heterocycles. The maximum atomic E-state index is 10.6. The van der Waals surface area contributed by atoms with E-state index in [0.717, 1.165) is 12.2 Å². The lowest BCUT2D eigenvalue weighted by Gasteiger charge is -1.92. The van der Waals surface area contributed by atoms with Crippen LogP contribution in [0.15, 0.2) is 21.7 Å². The van der Waals surface area contributed by atoms with Crippen molar-refractivity contribution in [3.63, 3.8) is 0 Å². The SMILES string of the molecule is CCc1nc(SCc2ccc(C(=O)O)o2)n[nH]1. The van der Waals surface area contributed by atoms with Gasteiger partial charge in [0.2, 0.25) is 10.9 Å². The molecule has 0 radical (unpaired) electrons. The first kappa shape index (κ1) is 11.7. The van der Waals surface area contributed by atoms with E-state index in [0.29, 0.717) is 16.7 Å². The third-order valence-electron chi connectivity index (χ3n) is 2.06. The zero-order valence-electron chi connectivity index (χ0n) is 9.14. The van der Waals surface area contributed by atoms with Crippen molar-refractivity contribution < 1.29 is 14.3 Å². The molecule has 2 rings (SSSR count). The molecule has 0 amide bonds. The summed E-state index contributed by atoms with van der Waals surface area (Å²) in [6, 6.07) is 3.08. The number of nitrogens with zero attached hydrogens (tertiary/aromatic N) is 2. The first-order valence-corrected chi connectivity index (χ1v) is 6.03. The number of aromatic nitrogens is 3. The number of carbonyl (C=O) groups is 1. The molecule has 2 aromatic heterocycles. The van der Waals surface area contributed by atoms with Gasteiger partial charge in [-0.2, -0.15) is 0 Å². The Morgan fingerprint density at radius 3 is 3.00 bits per heavy atom. The number of furan rings is 1. The minimum atomic E-state index is -1.06. The molecule has 0 aliphatic carbocycles. The average molecular weight is 253 g/mol. The van der Waals surface area contributed by atoms with Crippen LogP contribution < -0.4 is 0 Å². The van der Waals surface area contributed by atoms with E-state index in [1.54, 1.807) is 6.07 Å². The monoisotopic (exact) mass is 253 g/mol. The highest BCUT2D eigenvalue weighted by Gasteiger charge is 2.10. The van der Waals surface area contributed by atoms with Crippen LogP contribution in [0, 0.1) is 0 Å². The number of nitrogens with one attached hydrogen (secondary N) is 1. The molecule has 0 aliphatic heterocycles. The van der Waals surface area contributed by atoms with Crippen LogP contribution in [-0.2, 0) is 12.2 Å². The second-order valence-corrected chi connectivity index (χ2v) is 4.22. The number of rotatable bonds is 5. The quantitative estimate of drug-likeness (QED) is 0.791. The van der Waals surface area contributed by atoms with Crippen molar-refractivity contribution in [2.75, 3.05) is 0 Å². The van der Waals surface area contributed by atoms with E-state index in [4.69, 9.17) is 9.52 Å². The van der Waals surface area contributed by atoms with Crippen LogP contribution in [0.4, 0.5) is 0 Å². The number of aromatic amines is 1. The van der Waals surface area contributed by atoms with Crippen molar-refractivity contribution >= 4 is 17.7 Å². The first-order chi connectivity index (χ1) is 8.19. The maximum Gasteiger partial charge on any atom is 0.371 e. The van der Waals surface area contributed by atoms with Gasteiger partial charge in [0.25, 0.3) is 0 Å². The van der Waals surface area contributed by atoms with Gasteiger partial charge >= 0.3 is 5.97 Å². The van der Waals surface area contributed by atoms with Crippen molar-refractivity contribution in [3.05, 3.63) is 29.5 Å². The molecule has 90 valence electrons. The Balaban J connectivity index is 1.94. The van der Waals surface area contributed by atoms with Crippen LogP contribution >= 0.6 is 11.8 Å². The van der Waals surface area contributed by atoms with E-state index in [1.165, 1.54) is 17.8 Å². The summed E-state index contributed by atoms with van der Waals surface area (Å²) in [6.07, 6.45) is 0.803. The largest absolute Gasteiger partial charge is 0.475 e. The molecule has 17 heavy (non-hydrogen) atoms. The number of aryl methyl sites for hydroxylation is 1. The molecule has 0 unspecified atom stereocenters. The molecule has 0 bridgehead atoms. The van der Waals surface area contributed by atoms with Crippen molar-refractivity contribution in [1.82, 2.24) is 15.2 Å². The molecule has 2 N–H and O–H groups in total. The number of hydrogen-bond acceptors (Lipinski definition) is 5. The van der Waals surface area contributed by atoms with E-state index in [9.17, 15) is 4.79 Å². The Bertz CT molecular complexity index is 520. The smallest absolute Gasteiger partial charge is 0.371 e. The predicted octanol–water partition coefficient (Wildman–Crippen LogP) is 1.95. The average Bonchev–Trinajstić information content (AvgIpc) is 2.95. The third kappa shape index (κ3) is 2.88. The topological polar surface area (TPSA) is 92.0 Å². The van der Waals surface area contributed by atoms with Gasteiger partial charge in [-0.1, -0.05) is 18.7 Å². The normalized spacial score (nSPS) is 10.6. The molecule has 6 nitrogen and oxygen atoms in total. The highest BCUT2D eigenvalue weighted by Crippen LogP contribution is 2.20. The Morgan fingerprint density at radius 2 is 2.41 bits per heavy atom. The number of carboxylic acid groups (broad SMARTS) is 1. The van der Waals surface area contributed by atoms with Crippen LogP contribution in [0.25, 0.3) is 0 Å². The summed E-state index contributed by atoms with van der Waals surface area (Å²) >= 11 is 1.39. The molecule has 0 saturated carbocycles. The summed E-state index contributed by atoms with van der Waals surface area (Å²) in [7, 11) is 0. The first-order valence-electron chi connectivity index (χ1n) is 5.05. The zero-order chi connectivity index (χ0) is 12.3. The van der Waals surface area contributed by atoms with Gasteiger partial charge in [-0.05, 0) is 12.1 Å². The van der Waals surface area contributed by atoms with E-state index < -0.39 is 5.97 Å². The Morgan fingerprint density at radius 1 is 1.59 bits per heavy atom. The van der Waals surface area contributed by atoms with Crippen LogP contribution in [0.1, 0.15) is 29.1 Å². The molecule has 0 aromatic carbocycles. The highest BCUT2D eigenvalue weighted by molar-refractivity contribution is 7.98. The van der Waals surface area contributed by atoms with Crippen LogP contribution in [0.2, 0.25) is 0 Å². The minimum absolute atomic E-state index is 0.0511. The van der Waals surface area contributed by atoms with Gasteiger partial charge in [-0.25, -0.2) is 9.78 Å². The molecule has 0 fully saturated rings. The van der Waals surface area contributed by atoms with Gasteiger partial charge in [-0.3, -0.25) is 5.10 Å². The van der Waals surface area contributed by atoms with Crippen molar-refractivity contribution in [2.24, 2.45) is 0 Å². The summed E-state index contributed by atoms with van der Waals surface area (Å²) in [5.41, 5.74) is 0. The van der Waals surface area contributed by atoms with Gasteiger partial charge in [0.1, 0.15) is 11.6 Å². The van der Waals surface area contributed by atoms with Crippen LogP contribution in [-0.4, -0.2) is 26.3 Å². The van der Waals surface area contributed by atoms with Gasteiger partial charge in [0.15, 0.2) is 0 Å². The van der Waals surface area contributed by atoms with Crippen molar-refractivity contribution in [2.45, 2.75) is 24.3 Å². The summed E-state index contributed by atoms with van der Waals surface area (Å²) in [6.45, 7) is 1.99. The van der Waals surface area contributed by atoms with Crippen molar-refractivity contribution in [3.8, 4) is 0 Å². The highest BCUT2D eigenvalue weighted by atomic mass is 32.2. The molecular weight excluding hydrogens is 242 g/mol. The van der Waals surface area contributed by atoms with E-state index in [1.807, 2.05) is 6.92 Å². The van der Waals surface area contributed by atoms with Crippen LogP contribution in [0.5, 0.6) is 0 Å². The summed E-state index contributed by atoms with van der Waals surface area (Å²) in [5, 5.41) is 16.1. The zero-order valence-corrected chi connectivity index (χ0v) is 9.95. The fourth-order valence-electron chi connectivity index (χ4n) is 1.21. The second kappa shape index (κ2) is 5.05. The number of aromatic carboxylic acids is 1. The number of hydrogen-bond donors (Lipinski definition) is 2. The summed E-state index contributed by atoms with van der Waals surface area (Å²) < 4.78 is 5.11. The second-order valence-electron chi connectivity index (χ2n) is 3.28. The summed E-state index contributed by atoms with van der Waals surface area (Å²) in [4.78, 5) is 14.8. The van der Waals surface area contributed by atoms with Gasteiger partial charge in [0.05, 0.1) is 5.75 Å². The lowest BCUT2D eigenvalue weighted by atomic mass is 10.4. The molecule has 2 aromatic rings. The number of thioether (sulfide) groups is 1. The van der Waals surface area contributed by atoms with Crippen molar-refractivity contribution in [1.29, 1.82) is 0 Å².